The molecule has 0 atom stereocenters. The first-order chi connectivity index (χ1) is 9.17. The Morgan fingerprint density at radius 1 is 1.37 bits per heavy atom. The summed E-state index contributed by atoms with van der Waals surface area (Å²) in [6.45, 7) is 8.17. The SMILES string of the molecule is CC(C)Cc1noc(CN2CCC(CCN)CC2)n1. The Balaban J connectivity index is 1.77. The molecule has 2 heterocycles. The topological polar surface area (TPSA) is 68.2 Å². The molecule has 0 amide bonds. The highest BCUT2D eigenvalue weighted by atomic mass is 16.5. The minimum Gasteiger partial charge on any atom is -0.338 e. The summed E-state index contributed by atoms with van der Waals surface area (Å²) in [6, 6.07) is 0. The summed E-state index contributed by atoms with van der Waals surface area (Å²) in [5.41, 5.74) is 5.61. The number of rotatable bonds is 6. The molecule has 19 heavy (non-hydrogen) atoms. The van der Waals surface area contributed by atoms with Crippen molar-refractivity contribution in [3.05, 3.63) is 11.7 Å². The van der Waals surface area contributed by atoms with E-state index in [0.29, 0.717) is 5.92 Å². The summed E-state index contributed by atoms with van der Waals surface area (Å²) >= 11 is 0. The van der Waals surface area contributed by atoms with Crippen LogP contribution in [0.5, 0.6) is 0 Å². The van der Waals surface area contributed by atoms with Crippen molar-refractivity contribution in [3.8, 4) is 0 Å². The highest BCUT2D eigenvalue weighted by Gasteiger charge is 2.20. The van der Waals surface area contributed by atoms with Crippen LogP contribution in [-0.4, -0.2) is 34.7 Å². The number of aromatic nitrogens is 2. The molecule has 0 saturated carbocycles. The van der Waals surface area contributed by atoms with Crippen LogP contribution in [0, 0.1) is 11.8 Å². The lowest BCUT2D eigenvalue weighted by Gasteiger charge is -2.30. The first-order valence-electron chi connectivity index (χ1n) is 7.41. The van der Waals surface area contributed by atoms with E-state index in [4.69, 9.17) is 10.3 Å². The van der Waals surface area contributed by atoms with Crippen molar-refractivity contribution in [1.82, 2.24) is 15.0 Å². The highest BCUT2D eigenvalue weighted by Crippen LogP contribution is 2.21. The summed E-state index contributed by atoms with van der Waals surface area (Å²) in [6.07, 6.45) is 4.53. The molecule has 1 aliphatic heterocycles. The highest BCUT2D eigenvalue weighted by molar-refractivity contribution is 4.88. The van der Waals surface area contributed by atoms with E-state index in [2.05, 4.69) is 28.9 Å². The van der Waals surface area contributed by atoms with Gasteiger partial charge in [-0.2, -0.15) is 4.98 Å². The number of likely N-dealkylation sites (tertiary alicyclic amines) is 1. The Kier molecular flexibility index (Phi) is 5.34. The molecular weight excluding hydrogens is 240 g/mol. The van der Waals surface area contributed by atoms with E-state index in [9.17, 15) is 0 Å². The van der Waals surface area contributed by atoms with E-state index in [-0.39, 0.29) is 0 Å². The predicted molar refractivity (Wildman–Crippen MR) is 74.5 cm³/mol. The maximum Gasteiger partial charge on any atom is 0.240 e. The third kappa shape index (κ3) is 4.58. The lowest BCUT2D eigenvalue weighted by atomic mass is 9.94. The summed E-state index contributed by atoms with van der Waals surface area (Å²) in [4.78, 5) is 6.86. The van der Waals surface area contributed by atoms with Gasteiger partial charge in [0.2, 0.25) is 5.89 Å². The van der Waals surface area contributed by atoms with Gasteiger partial charge in [0.15, 0.2) is 5.82 Å². The molecule has 108 valence electrons. The fourth-order valence-electron chi connectivity index (χ4n) is 2.66. The minimum absolute atomic E-state index is 0.567. The van der Waals surface area contributed by atoms with Gasteiger partial charge in [0.25, 0.3) is 0 Å². The van der Waals surface area contributed by atoms with Gasteiger partial charge in [0.05, 0.1) is 6.54 Å². The van der Waals surface area contributed by atoms with E-state index in [1.165, 1.54) is 12.8 Å². The molecule has 0 aromatic carbocycles. The monoisotopic (exact) mass is 266 g/mol. The number of nitrogens with zero attached hydrogens (tertiary/aromatic N) is 3. The molecule has 2 rings (SSSR count). The second-order valence-corrected chi connectivity index (χ2v) is 6.00. The van der Waals surface area contributed by atoms with Crippen LogP contribution in [0.4, 0.5) is 0 Å². The van der Waals surface area contributed by atoms with Crippen LogP contribution in [0.1, 0.15) is 44.8 Å². The van der Waals surface area contributed by atoms with E-state index >= 15 is 0 Å². The Labute approximate surface area is 115 Å². The molecule has 5 heteroatoms. The maximum atomic E-state index is 5.61. The van der Waals surface area contributed by atoms with E-state index in [0.717, 1.165) is 56.7 Å². The zero-order valence-corrected chi connectivity index (χ0v) is 12.1. The Bertz CT molecular complexity index is 369. The Morgan fingerprint density at radius 2 is 2.11 bits per heavy atom. The van der Waals surface area contributed by atoms with Crippen molar-refractivity contribution in [3.63, 3.8) is 0 Å². The second-order valence-electron chi connectivity index (χ2n) is 6.00. The van der Waals surface area contributed by atoms with Crippen LogP contribution in [0.25, 0.3) is 0 Å². The first kappa shape index (κ1) is 14.5. The molecule has 1 aromatic rings. The van der Waals surface area contributed by atoms with Gasteiger partial charge in [-0.05, 0) is 50.7 Å². The fourth-order valence-corrected chi connectivity index (χ4v) is 2.66. The van der Waals surface area contributed by atoms with Gasteiger partial charge in [-0.15, -0.1) is 0 Å². The summed E-state index contributed by atoms with van der Waals surface area (Å²) in [5, 5.41) is 4.04. The maximum absolute atomic E-state index is 5.61. The van der Waals surface area contributed by atoms with Crippen molar-refractivity contribution in [1.29, 1.82) is 0 Å². The van der Waals surface area contributed by atoms with Crippen LogP contribution >= 0.6 is 0 Å². The standard InChI is InChI=1S/C14H26N4O/c1-11(2)9-13-16-14(19-17-13)10-18-7-4-12(3-6-15)5-8-18/h11-12H,3-10,15H2,1-2H3. The molecule has 5 nitrogen and oxygen atoms in total. The third-order valence-corrected chi connectivity index (χ3v) is 3.74. The van der Waals surface area contributed by atoms with Gasteiger partial charge in [0.1, 0.15) is 0 Å². The zero-order valence-electron chi connectivity index (χ0n) is 12.1. The van der Waals surface area contributed by atoms with Crippen LogP contribution in [0.3, 0.4) is 0 Å². The number of hydrogen-bond acceptors (Lipinski definition) is 5. The van der Waals surface area contributed by atoms with Gasteiger partial charge < -0.3 is 10.3 Å². The Morgan fingerprint density at radius 3 is 2.74 bits per heavy atom. The van der Waals surface area contributed by atoms with Gasteiger partial charge in [0, 0.05) is 6.42 Å². The van der Waals surface area contributed by atoms with Crippen LogP contribution < -0.4 is 5.73 Å². The number of nitrogens with two attached hydrogens (primary N) is 1. The molecule has 1 fully saturated rings. The third-order valence-electron chi connectivity index (χ3n) is 3.74. The second kappa shape index (κ2) is 7.01. The lowest BCUT2D eigenvalue weighted by molar-refractivity contribution is 0.156. The van der Waals surface area contributed by atoms with E-state index < -0.39 is 0 Å². The number of piperidine rings is 1. The number of hydrogen-bond donors (Lipinski definition) is 1. The van der Waals surface area contributed by atoms with Crippen molar-refractivity contribution in [2.45, 2.75) is 46.1 Å². The quantitative estimate of drug-likeness (QED) is 0.850. The van der Waals surface area contributed by atoms with Crippen LogP contribution in [-0.2, 0) is 13.0 Å². The summed E-state index contributed by atoms with van der Waals surface area (Å²) in [5.74, 6) is 2.97. The molecule has 0 unspecified atom stereocenters. The first-order valence-corrected chi connectivity index (χ1v) is 7.41. The molecule has 1 saturated heterocycles. The van der Waals surface area contributed by atoms with Gasteiger partial charge in [-0.1, -0.05) is 19.0 Å². The van der Waals surface area contributed by atoms with Gasteiger partial charge in [-0.25, -0.2) is 0 Å². The predicted octanol–water partition coefficient (Wildman–Crippen LogP) is 1.83. The molecule has 2 N–H and O–H groups in total. The van der Waals surface area contributed by atoms with Crippen molar-refractivity contribution >= 4 is 0 Å². The van der Waals surface area contributed by atoms with Crippen LogP contribution in [0.15, 0.2) is 4.52 Å². The molecule has 1 aromatic heterocycles. The molecule has 0 bridgehead atoms. The van der Waals surface area contributed by atoms with Crippen LogP contribution in [0.2, 0.25) is 0 Å². The average molecular weight is 266 g/mol. The van der Waals surface area contributed by atoms with Gasteiger partial charge in [-0.3, -0.25) is 4.90 Å². The fraction of sp³-hybridized carbons (Fsp3) is 0.857. The molecule has 0 aliphatic carbocycles. The molecule has 1 aliphatic rings. The minimum atomic E-state index is 0.567. The molecule has 0 spiro atoms. The largest absolute Gasteiger partial charge is 0.338 e. The normalized spacial score (nSPS) is 18.3. The lowest BCUT2D eigenvalue weighted by Crippen LogP contribution is -2.33. The van der Waals surface area contributed by atoms with Crippen molar-refractivity contribution in [2.75, 3.05) is 19.6 Å². The summed E-state index contributed by atoms with van der Waals surface area (Å²) in [7, 11) is 0. The Hall–Kier alpha value is -0.940. The summed E-state index contributed by atoms with van der Waals surface area (Å²) < 4.78 is 5.32. The van der Waals surface area contributed by atoms with E-state index in [1.54, 1.807) is 0 Å². The van der Waals surface area contributed by atoms with Crippen molar-refractivity contribution in [2.24, 2.45) is 17.6 Å². The molecule has 0 radical (unpaired) electrons. The smallest absolute Gasteiger partial charge is 0.240 e. The molecular formula is C14H26N4O. The zero-order chi connectivity index (χ0) is 13.7. The average Bonchev–Trinajstić information content (AvgIpc) is 2.78. The van der Waals surface area contributed by atoms with Crippen molar-refractivity contribution < 1.29 is 4.52 Å². The van der Waals surface area contributed by atoms with E-state index in [1.807, 2.05) is 0 Å². The van der Waals surface area contributed by atoms with Gasteiger partial charge >= 0.3 is 0 Å².